The van der Waals surface area contributed by atoms with Crippen molar-refractivity contribution in [3.63, 3.8) is 0 Å². The number of ether oxygens (including phenoxy) is 1. The molecule has 1 atom stereocenters. The van der Waals surface area contributed by atoms with Crippen molar-refractivity contribution < 1.29 is 14.6 Å². The number of fused-ring (bicyclic) bond motifs is 1. The number of benzene rings is 1. The van der Waals surface area contributed by atoms with Crippen LogP contribution < -0.4 is 10.2 Å². The Bertz CT molecular complexity index is 1340. The Morgan fingerprint density at radius 2 is 2.12 bits per heavy atom. The maximum atomic E-state index is 11.7. The van der Waals surface area contributed by atoms with Crippen molar-refractivity contribution in [2.24, 2.45) is 0 Å². The highest BCUT2D eigenvalue weighted by atomic mass is 35.5. The van der Waals surface area contributed by atoms with E-state index in [1.807, 2.05) is 30.9 Å². The number of rotatable bonds is 5. The smallest absolute Gasteiger partial charge is 0.356 e. The molecule has 2 aliphatic heterocycles. The molecular weight excluding hydrogens is 456 g/mol. The second-order valence-electron chi connectivity index (χ2n) is 8.92. The summed E-state index contributed by atoms with van der Waals surface area (Å²) in [4.78, 5) is 27.2. The minimum absolute atomic E-state index is 0.106. The van der Waals surface area contributed by atoms with Gasteiger partial charge in [-0.25, -0.2) is 19.7 Å². The van der Waals surface area contributed by atoms with Crippen LogP contribution >= 0.6 is 11.6 Å². The molecule has 2 aromatic heterocycles. The fraction of sp³-hybridized carbons (Fsp3) is 0.375. The van der Waals surface area contributed by atoms with E-state index < -0.39 is 5.97 Å². The van der Waals surface area contributed by atoms with E-state index in [2.05, 4.69) is 21.4 Å². The van der Waals surface area contributed by atoms with Gasteiger partial charge in [0.15, 0.2) is 17.2 Å². The molecular formula is C24H23ClN6O3. The highest BCUT2D eigenvalue weighted by Gasteiger charge is 2.47. The summed E-state index contributed by atoms with van der Waals surface area (Å²) in [6.07, 6.45) is 2.06. The molecule has 2 fully saturated rings. The third kappa shape index (κ3) is 3.89. The largest absolute Gasteiger partial charge is 0.476 e. The second-order valence-corrected chi connectivity index (χ2v) is 9.31. The molecule has 10 heteroatoms. The van der Waals surface area contributed by atoms with Gasteiger partial charge in [0.2, 0.25) is 0 Å². The lowest BCUT2D eigenvalue weighted by Gasteiger charge is -2.47. The van der Waals surface area contributed by atoms with Crippen LogP contribution in [0.25, 0.3) is 11.0 Å². The van der Waals surface area contributed by atoms with E-state index in [1.54, 1.807) is 12.1 Å². The SMILES string of the molecule is Cc1cc([C@@H](C)Nc2ccc(Cl)nc2C(=O)O)c2nc(N3CC4(CCCO4)C3)c(C#N)nc2c1. The van der Waals surface area contributed by atoms with Crippen LogP contribution in [0.5, 0.6) is 0 Å². The average molecular weight is 479 g/mol. The quantitative estimate of drug-likeness (QED) is 0.521. The van der Waals surface area contributed by atoms with Gasteiger partial charge in [-0.1, -0.05) is 17.7 Å². The number of hydrogen-bond donors (Lipinski definition) is 2. The van der Waals surface area contributed by atoms with Gasteiger partial charge in [0.1, 0.15) is 16.8 Å². The topological polar surface area (TPSA) is 124 Å². The molecule has 0 aliphatic carbocycles. The predicted molar refractivity (Wildman–Crippen MR) is 127 cm³/mol. The normalized spacial score (nSPS) is 17.4. The first-order valence-electron chi connectivity index (χ1n) is 11.1. The number of carboxylic acid groups (broad SMARTS) is 1. The van der Waals surface area contributed by atoms with Crippen LogP contribution in [0.4, 0.5) is 11.5 Å². The highest BCUT2D eigenvalue weighted by molar-refractivity contribution is 6.29. The zero-order chi connectivity index (χ0) is 24.0. The van der Waals surface area contributed by atoms with Crippen molar-refractivity contribution in [3.05, 3.63) is 51.9 Å². The number of anilines is 2. The summed E-state index contributed by atoms with van der Waals surface area (Å²) in [5, 5.41) is 22.6. The first-order valence-corrected chi connectivity index (χ1v) is 11.4. The van der Waals surface area contributed by atoms with E-state index in [-0.39, 0.29) is 28.2 Å². The van der Waals surface area contributed by atoms with Crippen molar-refractivity contribution in [3.8, 4) is 6.07 Å². The van der Waals surface area contributed by atoms with E-state index in [0.717, 1.165) is 30.6 Å². The lowest BCUT2D eigenvalue weighted by Crippen LogP contribution is -2.62. The minimum Gasteiger partial charge on any atom is -0.476 e. The molecule has 174 valence electrons. The Morgan fingerprint density at radius 3 is 2.79 bits per heavy atom. The van der Waals surface area contributed by atoms with Crippen molar-refractivity contribution in [2.75, 3.05) is 29.9 Å². The van der Waals surface area contributed by atoms with Crippen molar-refractivity contribution >= 4 is 40.1 Å². The molecule has 2 aliphatic rings. The number of aryl methyl sites for hydroxylation is 1. The zero-order valence-electron chi connectivity index (χ0n) is 18.8. The van der Waals surface area contributed by atoms with E-state index in [1.165, 1.54) is 0 Å². The molecule has 0 radical (unpaired) electrons. The van der Waals surface area contributed by atoms with Gasteiger partial charge in [0.25, 0.3) is 0 Å². The number of pyridine rings is 1. The molecule has 0 saturated carbocycles. The number of aromatic carboxylic acids is 1. The summed E-state index contributed by atoms with van der Waals surface area (Å²) < 4.78 is 5.93. The standard InChI is InChI=1S/C24H23ClN6O3/c1-13-8-15(14(2)27-16-4-5-19(25)29-21(16)23(32)33)20-17(9-13)28-18(10-26)22(30-20)31-11-24(12-31)6-3-7-34-24/h4-5,8-9,14,27H,3,6-7,11-12H2,1-2H3,(H,32,33)/t14-/m1/s1. The lowest BCUT2D eigenvalue weighted by molar-refractivity contribution is -0.0184. The Labute approximate surface area is 201 Å². The van der Waals surface area contributed by atoms with Crippen LogP contribution in [0.15, 0.2) is 24.3 Å². The molecule has 5 rings (SSSR count). The van der Waals surface area contributed by atoms with Gasteiger partial charge in [-0.3, -0.25) is 0 Å². The van der Waals surface area contributed by atoms with Crippen LogP contribution in [0.1, 0.15) is 53.1 Å². The summed E-state index contributed by atoms with van der Waals surface area (Å²) in [7, 11) is 0. The Balaban J connectivity index is 1.53. The maximum Gasteiger partial charge on any atom is 0.356 e. The lowest BCUT2D eigenvalue weighted by atomic mass is 9.91. The number of hydrogen-bond acceptors (Lipinski definition) is 8. The predicted octanol–water partition coefficient (Wildman–Crippen LogP) is 4.10. The van der Waals surface area contributed by atoms with Gasteiger partial charge in [-0.15, -0.1) is 0 Å². The van der Waals surface area contributed by atoms with Crippen molar-refractivity contribution in [1.82, 2.24) is 15.0 Å². The third-order valence-corrected chi connectivity index (χ3v) is 6.59. The van der Waals surface area contributed by atoms with Crippen LogP contribution in [0.3, 0.4) is 0 Å². The summed E-state index contributed by atoms with van der Waals surface area (Å²) in [5.41, 5.74) is 3.41. The molecule has 2 N–H and O–H groups in total. The van der Waals surface area contributed by atoms with Crippen molar-refractivity contribution in [1.29, 1.82) is 5.26 Å². The number of aromatic nitrogens is 3. The molecule has 34 heavy (non-hydrogen) atoms. The number of nitriles is 1. The van der Waals surface area contributed by atoms with Crippen LogP contribution in [0.2, 0.25) is 5.15 Å². The molecule has 0 amide bonds. The monoisotopic (exact) mass is 478 g/mol. The molecule has 0 unspecified atom stereocenters. The minimum atomic E-state index is -1.17. The average Bonchev–Trinajstić information content (AvgIpc) is 3.28. The first kappa shape index (κ1) is 22.3. The van der Waals surface area contributed by atoms with E-state index in [4.69, 9.17) is 21.3 Å². The Kier molecular flexibility index (Phi) is 5.50. The molecule has 0 bridgehead atoms. The fourth-order valence-corrected chi connectivity index (χ4v) is 4.93. The van der Waals surface area contributed by atoms with Crippen molar-refractivity contribution in [2.45, 2.75) is 38.3 Å². The van der Waals surface area contributed by atoms with Gasteiger partial charge in [-0.2, -0.15) is 5.26 Å². The number of carbonyl (C=O) groups is 1. The maximum absolute atomic E-state index is 11.7. The van der Waals surface area contributed by atoms with E-state index >= 15 is 0 Å². The van der Waals surface area contributed by atoms with Gasteiger partial charge < -0.3 is 20.1 Å². The van der Waals surface area contributed by atoms with Gasteiger partial charge in [0, 0.05) is 12.2 Å². The first-order chi connectivity index (χ1) is 16.3. The highest BCUT2D eigenvalue weighted by Crippen LogP contribution is 2.39. The van der Waals surface area contributed by atoms with E-state index in [9.17, 15) is 15.2 Å². The van der Waals surface area contributed by atoms with Crippen LogP contribution in [-0.2, 0) is 4.74 Å². The molecule has 2 saturated heterocycles. The Hall–Kier alpha value is -3.48. The zero-order valence-corrected chi connectivity index (χ0v) is 19.6. The third-order valence-electron chi connectivity index (χ3n) is 6.38. The second kappa shape index (κ2) is 8.38. The van der Waals surface area contributed by atoms with Crippen LogP contribution in [0, 0.1) is 18.3 Å². The number of nitrogens with zero attached hydrogens (tertiary/aromatic N) is 5. The molecule has 3 aromatic rings. The summed E-state index contributed by atoms with van der Waals surface area (Å²) in [6, 6.07) is 8.90. The van der Waals surface area contributed by atoms with E-state index in [0.29, 0.717) is 35.6 Å². The Morgan fingerprint density at radius 1 is 1.32 bits per heavy atom. The summed E-state index contributed by atoms with van der Waals surface area (Å²) in [6.45, 7) is 6.01. The van der Waals surface area contributed by atoms with Gasteiger partial charge >= 0.3 is 5.97 Å². The number of carboxylic acids is 1. The van der Waals surface area contributed by atoms with Gasteiger partial charge in [-0.05, 0) is 50.5 Å². The summed E-state index contributed by atoms with van der Waals surface area (Å²) in [5.74, 6) is -0.624. The fourth-order valence-electron chi connectivity index (χ4n) is 4.78. The number of nitrogens with one attached hydrogen (secondary N) is 1. The summed E-state index contributed by atoms with van der Waals surface area (Å²) >= 11 is 5.89. The molecule has 9 nitrogen and oxygen atoms in total. The number of halogens is 1. The van der Waals surface area contributed by atoms with Crippen LogP contribution in [-0.4, -0.2) is 51.3 Å². The van der Waals surface area contributed by atoms with Gasteiger partial charge in [0.05, 0.1) is 35.9 Å². The molecule has 4 heterocycles. The molecule has 1 spiro atoms. The molecule has 1 aromatic carbocycles.